The molecule has 2 rings (SSSR count). The second-order valence-electron chi connectivity index (χ2n) is 3.50. The zero-order valence-electron chi connectivity index (χ0n) is 9.31. The molecule has 0 atom stereocenters. The fourth-order valence-corrected chi connectivity index (χ4v) is 2.27. The molecule has 0 aliphatic rings. The van der Waals surface area contributed by atoms with E-state index >= 15 is 0 Å². The van der Waals surface area contributed by atoms with E-state index in [2.05, 4.69) is 4.98 Å². The van der Waals surface area contributed by atoms with E-state index in [0.717, 1.165) is 10.5 Å². The van der Waals surface area contributed by atoms with Crippen molar-refractivity contribution in [2.45, 2.75) is 16.4 Å². The van der Waals surface area contributed by atoms with Crippen molar-refractivity contribution in [1.29, 1.82) is 0 Å². The quantitative estimate of drug-likeness (QED) is 0.677. The Morgan fingerprint density at radius 1 is 1.28 bits per heavy atom. The van der Waals surface area contributed by atoms with Crippen LogP contribution in [-0.4, -0.2) is 15.0 Å². The van der Waals surface area contributed by atoms with Gasteiger partial charge in [0, 0.05) is 11.1 Å². The summed E-state index contributed by atoms with van der Waals surface area (Å²) in [7, 11) is 0. The first kappa shape index (κ1) is 12.5. The Kier molecular flexibility index (Phi) is 3.91. The summed E-state index contributed by atoms with van der Waals surface area (Å²) >= 11 is 1.30. The third-order valence-electron chi connectivity index (χ3n) is 2.29. The van der Waals surface area contributed by atoms with Crippen LogP contribution in [0.2, 0.25) is 0 Å². The lowest BCUT2D eigenvalue weighted by molar-refractivity contribution is -0.388. The van der Waals surface area contributed by atoms with Crippen LogP contribution >= 0.6 is 11.8 Å². The van der Waals surface area contributed by atoms with Crippen molar-refractivity contribution in [2.75, 3.05) is 0 Å². The van der Waals surface area contributed by atoms with Gasteiger partial charge < -0.3 is 5.11 Å². The largest absolute Gasteiger partial charge is 0.392 e. The van der Waals surface area contributed by atoms with Crippen LogP contribution < -0.4 is 0 Å². The maximum Gasteiger partial charge on any atom is 0.301 e. The van der Waals surface area contributed by atoms with Crippen LogP contribution in [0.1, 0.15) is 5.56 Å². The Morgan fingerprint density at radius 2 is 2.00 bits per heavy atom. The van der Waals surface area contributed by atoms with Gasteiger partial charge in [0.05, 0.1) is 16.4 Å². The maximum absolute atomic E-state index is 10.8. The smallest absolute Gasteiger partial charge is 0.301 e. The van der Waals surface area contributed by atoms with Gasteiger partial charge in [-0.15, -0.1) is 0 Å². The predicted molar refractivity (Wildman–Crippen MR) is 67.4 cm³/mol. The SMILES string of the molecule is O=[N+]([O-])c1cnccc1Sc1ccc(CO)cc1. The number of hydrogen-bond acceptors (Lipinski definition) is 5. The van der Waals surface area contributed by atoms with Gasteiger partial charge in [-0.2, -0.15) is 0 Å². The zero-order chi connectivity index (χ0) is 13.0. The predicted octanol–water partition coefficient (Wildman–Crippen LogP) is 2.63. The molecule has 18 heavy (non-hydrogen) atoms. The van der Waals surface area contributed by atoms with E-state index in [9.17, 15) is 10.1 Å². The molecule has 0 saturated heterocycles. The van der Waals surface area contributed by atoms with E-state index in [1.165, 1.54) is 24.2 Å². The first-order chi connectivity index (χ1) is 8.70. The molecular formula is C12H10N2O3S. The lowest BCUT2D eigenvalue weighted by Gasteiger charge is -2.03. The van der Waals surface area contributed by atoms with Crippen LogP contribution in [0.5, 0.6) is 0 Å². The highest BCUT2D eigenvalue weighted by Gasteiger charge is 2.14. The molecule has 0 spiro atoms. The summed E-state index contributed by atoms with van der Waals surface area (Å²) in [6, 6.07) is 8.83. The highest BCUT2D eigenvalue weighted by Crippen LogP contribution is 2.33. The Morgan fingerprint density at radius 3 is 2.61 bits per heavy atom. The summed E-state index contributed by atoms with van der Waals surface area (Å²) in [5, 5.41) is 19.8. The number of benzene rings is 1. The number of nitrogens with zero attached hydrogens (tertiary/aromatic N) is 2. The number of aromatic nitrogens is 1. The lowest BCUT2D eigenvalue weighted by Crippen LogP contribution is -1.91. The Hall–Kier alpha value is -1.92. The van der Waals surface area contributed by atoms with Gasteiger partial charge in [0.1, 0.15) is 6.20 Å². The second-order valence-corrected chi connectivity index (χ2v) is 4.62. The molecule has 1 N–H and O–H groups in total. The van der Waals surface area contributed by atoms with Gasteiger partial charge in [-0.05, 0) is 23.8 Å². The van der Waals surface area contributed by atoms with E-state index in [1.807, 2.05) is 12.1 Å². The van der Waals surface area contributed by atoms with Crippen LogP contribution in [0.4, 0.5) is 5.69 Å². The lowest BCUT2D eigenvalue weighted by atomic mass is 10.2. The van der Waals surface area contributed by atoms with Gasteiger partial charge in [-0.1, -0.05) is 23.9 Å². The van der Waals surface area contributed by atoms with Crippen molar-refractivity contribution in [2.24, 2.45) is 0 Å². The molecule has 0 saturated carbocycles. The standard InChI is InChI=1S/C12H10N2O3S/c15-8-9-1-3-10(4-2-9)18-12-5-6-13-7-11(12)14(16)17/h1-7,15H,8H2. The minimum atomic E-state index is -0.447. The summed E-state index contributed by atoms with van der Waals surface area (Å²) in [6.45, 7) is -0.0135. The molecule has 0 aliphatic carbocycles. The molecule has 1 heterocycles. The fourth-order valence-electron chi connectivity index (χ4n) is 1.39. The van der Waals surface area contributed by atoms with Crippen LogP contribution in [0.3, 0.4) is 0 Å². The average Bonchev–Trinajstić information content (AvgIpc) is 2.40. The van der Waals surface area contributed by atoms with E-state index in [4.69, 9.17) is 5.11 Å². The van der Waals surface area contributed by atoms with E-state index in [0.29, 0.717) is 4.90 Å². The first-order valence-electron chi connectivity index (χ1n) is 5.17. The molecule has 2 aromatic rings. The molecule has 1 aromatic heterocycles. The summed E-state index contributed by atoms with van der Waals surface area (Å²) in [5.74, 6) is 0. The van der Waals surface area contributed by atoms with Gasteiger partial charge in [0.2, 0.25) is 0 Å². The number of pyridine rings is 1. The topological polar surface area (TPSA) is 76.3 Å². The summed E-state index contributed by atoms with van der Waals surface area (Å²) in [4.78, 5) is 15.6. The summed E-state index contributed by atoms with van der Waals surface area (Å²) in [5.41, 5.74) is 0.803. The number of nitro groups is 1. The van der Waals surface area contributed by atoms with Gasteiger partial charge in [-0.3, -0.25) is 15.1 Å². The number of rotatable bonds is 4. The minimum Gasteiger partial charge on any atom is -0.392 e. The van der Waals surface area contributed by atoms with Crippen LogP contribution in [0, 0.1) is 10.1 Å². The molecule has 92 valence electrons. The minimum absolute atomic E-state index is 0.00580. The highest BCUT2D eigenvalue weighted by molar-refractivity contribution is 7.99. The molecular weight excluding hydrogens is 252 g/mol. The van der Waals surface area contributed by atoms with Gasteiger partial charge in [-0.25, -0.2) is 0 Å². The van der Waals surface area contributed by atoms with Crippen molar-refractivity contribution in [3.05, 3.63) is 58.4 Å². The zero-order valence-corrected chi connectivity index (χ0v) is 10.1. The molecule has 0 unspecified atom stereocenters. The average molecular weight is 262 g/mol. The monoisotopic (exact) mass is 262 g/mol. The van der Waals surface area contributed by atoms with Crippen LogP contribution in [-0.2, 0) is 6.61 Å². The number of hydrogen-bond donors (Lipinski definition) is 1. The van der Waals surface area contributed by atoms with Gasteiger partial charge >= 0.3 is 5.69 Å². The van der Waals surface area contributed by atoms with E-state index in [-0.39, 0.29) is 12.3 Å². The van der Waals surface area contributed by atoms with Crippen molar-refractivity contribution in [3.63, 3.8) is 0 Å². The molecule has 0 radical (unpaired) electrons. The third kappa shape index (κ3) is 2.85. The van der Waals surface area contributed by atoms with Crippen molar-refractivity contribution >= 4 is 17.4 Å². The number of aliphatic hydroxyl groups excluding tert-OH is 1. The Labute approximate surface area is 108 Å². The van der Waals surface area contributed by atoms with E-state index in [1.54, 1.807) is 18.2 Å². The molecule has 1 aromatic carbocycles. The van der Waals surface area contributed by atoms with Gasteiger partial charge in [0.15, 0.2) is 0 Å². The molecule has 5 nitrogen and oxygen atoms in total. The number of aliphatic hydroxyl groups is 1. The van der Waals surface area contributed by atoms with Gasteiger partial charge in [0.25, 0.3) is 0 Å². The Bertz CT molecular complexity index is 558. The third-order valence-corrected chi connectivity index (χ3v) is 3.36. The molecule has 0 fully saturated rings. The molecule has 0 aliphatic heterocycles. The van der Waals surface area contributed by atoms with Crippen LogP contribution in [0.15, 0.2) is 52.5 Å². The summed E-state index contributed by atoms with van der Waals surface area (Å²) < 4.78 is 0. The molecule has 6 heteroatoms. The molecule has 0 amide bonds. The van der Waals surface area contributed by atoms with Crippen molar-refractivity contribution < 1.29 is 10.0 Å². The van der Waals surface area contributed by atoms with Crippen molar-refractivity contribution in [1.82, 2.24) is 4.98 Å². The normalized spacial score (nSPS) is 10.3. The molecule has 0 bridgehead atoms. The van der Waals surface area contributed by atoms with Crippen LogP contribution in [0.25, 0.3) is 0 Å². The Balaban J connectivity index is 2.25. The van der Waals surface area contributed by atoms with E-state index < -0.39 is 4.92 Å². The van der Waals surface area contributed by atoms with Crippen molar-refractivity contribution in [3.8, 4) is 0 Å². The fraction of sp³-hybridized carbons (Fsp3) is 0.0833. The second kappa shape index (κ2) is 5.61. The summed E-state index contributed by atoms with van der Waals surface area (Å²) in [6.07, 6.45) is 2.77. The first-order valence-corrected chi connectivity index (χ1v) is 5.98. The maximum atomic E-state index is 10.8. The highest BCUT2D eigenvalue weighted by atomic mass is 32.2.